The summed E-state index contributed by atoms with van der Waals surface area (Å²) in [6.45, 7) is 2.35. The van der Waals surface area contributed by atoms with Crippen LogP contribution in [0.4, 0.5) is 0 Å². The molecular weight excluding hydrogens is 318 g/mol. The van der Waals surface area contributed by atoms with E-state index in [1.165, 1.54) is 11.1 Å². The number of nitrogens with zero attached hydrogens (tertiary/aromatic N) is 1. The van der Waals surface area contributed by atoms with E-state index >= 15 is 0 Å². The lowest BCUT2D eigenvalue weighted by Gasteiger charge is -2.07. The van der Waals surface area contributed by atoms with Gasteiger partial charge in [-0.05, 0) is 44.8 Å². The summed E-state index contributed by atoms with van der Waals surface area (Å²) in [6.07, 6.45) is 1.61. The van der Waals surface area contributed by atoms with E-state index in [4.69, 9.17) is 0 Å². The van der Waals surface area contributed by atoms with E-state index in [0.717, 1.165) is 18.7 Å². The van der Waals surface area contributed by atoms with Crippen LogP contribution in [0.5, 0.6) is 0 Å². The molecule has 4 nitrogen and oxygen atoms in total. The van der Waals surface area contributed by atoms with Gasteiger partial charge in [-0.1, -0.05) is 18.2 Å². The van der Waals surface area contributed by atoms with Crippen molar-refractivity contribution < 1.29 is 4.79 Å². The molecule has 102 valence electrons. The largest absolute Gasteiger partial charge is 0.347 e. The lowest BCUT2D eigenvalue weighted by atomic mass is 10.1. The van der Waals surface area contributed by atoms with Crippen molar-refractivity contribution in [2.24, 2.45) is 0 Å². The molecule has 1 aromatic carbocycles. The SMILES string of the molecule is O=C(NCc1ccc2c(c1)CNC2)c1ncccc1Br. The van der Waals surface area contributed by atoms with Crippen molar-refractivity contribution in [2.45, 2.75) is 19.6 Å². The van der Waals surface area contributed by atoms with E-state index in [0.29, 0.717) is 16.7 Å². The normalized spacial score (nSPS) is 13.1. The average Bonchev–Trinajstić information content (AvgIpc) is 2.92. The molecule has 0 saturated heterocycles. The summed E-state index contributed by atoms with van der Waals surface area (Å²) in [6, 6.07) is 9.91. The van der Waals surface area contributed by atoms with Crippen LogP contribution in [-0.4, -0.2) is 10.9 Å². The Morgan fingerprint density at radius 1 is 1.30 bits per heavy atom. The highest BCUT2D eigenvalue weighted by molar-refractivity contribution is 9.10. The maximum absolute atomic E-state index is 12.1. The van der Waals surface area contributed by atoms with Gasteiger partial charge in [0.25, 0.3) is 5.91 Å². The van der Waals surface area contributed by atoms with Gasteiger partial charge in [0.1, 0.15) is 5.69 Å². The number of benzene rings is 1. The number of amides is 1. The van der Waals surface area contributed by atoms with E-state index in [1.54, 1.807) is 12.3 Å². The minimum atomic E-state index is -0.170. The molecule has 2 N–H and O–H groups in total. The first-order valence-electron chi connectivity index (χ1n) is 6.44. The second-order valence-corrected chi connectivity index (χ2v) is 5.58. The summed E-state index contributed by atoms with van der Waals surface area (Å²) in [5.41, 5.74) is 4.17. The van der Waals surface area contributed by atoms with Crippen molar-refractivity contribution in [3.8, 4) is 0 Å². The van der Waals surface area contributed by atoms with Crippen LogP contribution in [0.1, 0.15) is 27.2 Å². The molecule has 2 aromatic rings. The zero-order valence-electron chi connectivity index (χ0n) is 10.8. The fourth-order valence-corrected chi connectivity index (χ4v) is 2.71. The van der Waals surface area contributed by atoms with Crippen LogP contribution in [0.3, 0.4) is 0 Å². The summed E-state index contributed by atoms with van der Waals surface area (Å²) < 4.78 is 0.704. The maximum Gasteiger partial charge on any atom is 0.271 e. The summed E-state index contributed by atoms with van der Waals surface area (Å²) in [4.78, 5) is 16.1. The zero-order valence-corrected chi connectivity index (χ0v) is 12.4. The number of hydrogen-bond donors (Lipinski definition) is 2. The third-order valence-corrected chi connectivity index (χ3v) is 3.97. The van der Waals surface area contributed by atoms with E-state index < -0.39 is 0 Å². The van der Waals surface area contributed by atoms with Crippen LogP contribution in [0.2, 0.25) is 0 Å². The second-order valence-electron chi connectivity index (χ2n) is 4.72. The Labute approximate surface area is 125 Å². The summed E-state index contributed by atoms with van der Waals surface area (Å²) in [5.74, 6) is -0.170. The zero-order chi connectivity index (χ0) is 13.9. The van der Waals surface area contributed by atoms with Crippen LogP contribution < -0.4 is 10.6 Å². The lowest BCUT2D eigenvalue weighted by molar-refractivity contribution is 0.0945. The highest BCUT2D eigenvalue weighted by atomic mass is 79.9. The topological polar surface area (TPSA) is 54.0 Å². The summed E-state index contributed by atoms with van der Waals surface area (Å²) >= 11 is 3.33. The van der Waals surface area contributed by atoms with Crippen molar-refractivity contribution in [3.05, 3.63) is 63.4 Å². The van der Waals surface area contributed by atoms with Gasteiger partial charge in [0.05, 0.1) is 0 Å². The predicted octanol–water partition coefficient (Wildman–Crippen LogP) is 2.38. The number of nitrogens with one attached hydrogen (secondary N) is 2. The Balaban J connectivity index is 1.68. The van der Waals surface area contributed by atoms with Crippen LogP contribution in [0, 0.1) is 0 Å². The number of fused-ring (bicyclic) bond motifs is 1. The molecule has 3 rings (SSSR count). The van der Waals surface area contributed by atoms with E-state index in [-0.39, 0.29) is 5.91 Å². The monoisotopic (exact) mass is 331 g/mol. The molecular formula is C15H14BrN3O. The molecule has 1 amide bonds. The van der Waals surface area contributed by atoms with E-state index in [1.807, 2.05) is 6.07 Å². The fraction of sp³-hybridized carbons (Fsp3) is 0.200. The van der Waals surface area contributed by atoms with E-state index in [2.05, 4.69) is 49.7 Å². The molecule has 0 unspecified atom stereocenters. The third kappa shape index (κ3) is 2.73. The first kappa shape index (κ1) is 13.3. The first-order valence-corrected chi connectivity index (χ1v) is 7.23. The molecule has 20 heavy (non-hydrogen) atoms. The summed E-state index contributed by atoms with van der Waals surface area (Å²) in [5, 5.41) is 6.20. The number of aromatic nitrogens is 1. The van der Waals surface area contributed by atoms with Gasteiger partial charge in [-0.15, -0.1) is 0 Å². The number of carbonyl (C=O) groups excluding carboxylic acids is 1. The smallest absolute Gasteiger partial charge is 0.271 e. The minimum Gasteiger partial charge on any atom is -0.347 e. The Morgan fingerprint density at radius 3 is 3.00 bits per heavy atom. The molecule has 0 radical (unpaired) electrons. The van der Waals surface area contributed by atoms with Gasteiger partial charge in [-0.3, -0.25) is 4.79 Å². The lowest BCUT2D eigenvalue weighted by Crippen LogP contribution is -2.24. The van der Waals surface area contributed by atoms with Crippen molar-refractivity contribution in [3.63, 3.8) is 0 Å². The van der Waals surface area contributed by atoms with Crippen molar-refractivity contribution in [1.82, 2.24) is 15.6 Å². The van der Waals surface area contributed by atoms with Crippen LogP contribution in [0.15, 0.2) is 41.0 Å². The number of halogens is 1. The molecule has 0 fully saturated rings. The second kappa shape index (κ2) is 5.73. The van der Waals surface area contributed by atoms with Gasteiger partial charge in [0.15, 0.2) is 0 Å². The van der Waals surface area contributed by atoms with Crippen molar-refractivity contribution in [2.75, 3.05) is 0 Å². The molecule has 0 saturated carbocycles. The van der Waals surface area contributed by atoms with Gasteiger partial charge >= 0.3 is 0 Å². The van der Waals surface area contributed by atoms with Crippen LogP contribution in [0.25, 0.3) is 0 Å². The Bertz CT molecular complexity index is 657. The molecule has 0 bridgehead atoms. The fourth-order valence-electron chi connectivity index (χ4n) is 2.28. The Morgan fingerprint density at radius 2 is 2.15 bits per heavy atom. The quantitative estimate of drug-likeness (QED) is 0.907. The molecule has 1 aliphatic rings. The maximum atomic E-state index is 12.1. The third-order valence-electron chi connectivity index (χ3n) is 3.33. The van der Waals surface area contributed by atoms with Crippen molar-refractivity contribution >= 4 is 21.8 Å². The number of hydrogen-bond acceptors (Lipinski definition) is 3. The van der Waals surface area contributed by atoms with Crippen LogP contribution in [-0.2, 0) is 19.6 Å². The van der Waals surface area contributed by atoms with Gasteiger partial charge in [-0.2, -0.15) is 0 Å². The van der Waals surface area contributed by atoms with Crippen molar-refractivity contribution in [1.29, 1.82) is 0 Å². The van der Waals surface area contributed by atoms with Gasteiger partial charge in [0, 0.05) is 30.3 Å². The van der Waals surface area contributed by atoms with Gasteiger partial charge in [-0.25, -0.2) is 4.98 Å². The highest BCUT2D eigenvalue weighted by Gasteiger charge is 2.12. The average molecular weight is 332 g/mol. The molecule has 0 spiro atoms. The number of pyridine rings is 1. The van der Waals surface area contributed by atoms with E-state index in [9.17, 15) is 4.79 Å². The highest BCUT2D eigenvalue weighted by Crippen LogP contribution is 2.17. The molecule has 2 heterocycles. The number of rotatable bonds is 3. The Kier molecular flexibility index (Phi) is 3.80. The standard InChI is InChI=1S/C15H14BrN3O/c16-13-2-1-5-18-14(13)15(20)19-7-10-3-4-11-8-17-9-12(11)6-10/h1-6,17H,7-9H2,(H,19,20). The predicted molar refractivity (Wildman–Crippen MR) is 80.1 cm³/mol. The summed E-state index contributed by atoms with van der Waals surface area (Å²) in [7, 11) is 0. The minimum absolute atomic E-state index is 0.170. The molecule has 0 aliphatic carbocycles. The molecule has 1 aliphatic heterocycles. The molecule has 1 aromatic heterocycles. The Hall–Kier alpha value is -1.72. The molecule has 5 heteroatoms. The number of carbonyl (C=O) groups is 1. The van der Waals surface area contributed by atoms with Gasteiger partial charge in [0.2, 0.25) is 0 Å². The first-order chi connectivity index (χ1) is 9.74. The van der Waals surface area contributed by atoms with Gasteiger partial charge < -0.3 is 10.6 Å². The molecule has 0 atom stereocenters. The van der Waals surface area contributed by atoms with Crippen LogP contribution >= 0.6 is 15.9 Å².